The zero-order valence-corrected chi connectivity index (χ0v) is 16.5. The molecule has 0 unspecified atom stereocenters. The van der Waals surface area contributed by atoms with E-state index in [9.17, 15) is 4.79 Å². The highest BCUT2D eigenvalue weighted by molar-refractivity contribution is 6.30. The van der Waals surface area contributed by atoms with Crippen molar-refractivity contribution in [3.63, 3.8) is 0 Å². The van der Waals surface area contributed by atoms with Crippen LogP contribution in [0, 0.1) is 5.41 Å². The molecule has 26 heavy (non-hydrogen) atoms. The molecule has 0 radical (unpaired) electrons. The standard InChI is InChI=1S/C21H29ClO4/c1-15(2)26-18-6-5-17(22)12-16(18)13-25-21-10-8-20(14-21,9-11-21)7-3-4-19(23)24/h5-6,12,15H,3-4,7-11,13-14H2,1-2H3,(H,23,24). The van der Waals surface area contributed by atoms with Crippen LogP contribution in [-0.2, 0) is 16.1 Å². The Kier molecular flexibility index (Phi) is 5.83. The minimum absolute atomic E-state index is 0.0549. The Morgan fingerprint density at radius 2 is 2.00 bits per heavy atom. The van der Waals surface area contributed by atoms with E-state index in [1.54, 1.807) is 0 Å². The molecule has 2 aliphatic rings. The molecule has 0 spiro atoms. The highest BCUT2D eigenvalue weighted by Crippen LogP contribution is 2.60. The van der Waals surface area contributed by atoms with E-state index < -0.39 is 5.97 Å². The zero-order chi connectivity index (χ0) is 18.8. The molecule has 0 amide bonds. The molecule has 5 heteroatoms. The highest BCUT2D eigenvalue weighted by atomic mass is 35.5. The summed E-state index contributed by atoms with van der Waals surface area (Å²) in [7, 11) is 0. The summed E-state index contributed by atoms with van der Waals surface area (Å²) < 4.78 is 12.3. The second kappa shape index (κ2) is 7.77. The van der Waals surface area contributed by atoms with Crippen LogP contribution in [-0.4, -0.2) is 22.8 Å². The van der Waals surface area contributed by atoms with Crippen LogP contribution in [0.5, 0.6) is 5.75 Å². The minimum atomic E-state index is -0.696. The predicted molar refractivity (Wildman–Crippen MR) is 102 cm³/mol. The van der Waals surface area contributed by atoms with Gasteiger partial charge in [0.05, 0.1) is 18.3 Å². The van der Waals surface area contributed by atoms with E-state index in [0.29, 0.717) is 17.0 Å². The first-order valence-corrected chi connectivity index (χ1v) is 10.0. The van der Waals surface area contributed by atoms with Crippen LogP contribution >= 0.6 is 11.6 Å². The molecule has 4 nitrogen and oxygen atoms in total. The first-order chi connectivity index (χ1) is 12.3. The van der Waals surface area contributed by atoms with Gasteiger partial charge >= 0.3 is 5.97 Å². The number of aliphatic carboxylic acids is 1. The number of carboxylic acids is 1. The third-order valence-corrected chi connectivity index (χ3v) is 6.17. The molecule has 0 aliphatic heterocycles. The van der Waals surface area contributed by atoms with Crippen molar-refractivity contribution in [3.8, 4) is 5.75 Å². The molecule has 2 bridgehead atoms. The lowest BCUT2D eigenvalue weighted by atomic mass is 9.80. The van der Waals surface area contributed by atoms with Gasteiger partial charge in [-0.15, -0.1) is 0 Å². The van der Waals surface area contributed by atoms with Gasteiger partial charge in [0.2, 0.25) is 0 Å². The van der Waals surface area contributed by atoms with Gasteiger partial charge in [0, 0.05) is 17.0 Å². The molecule has 2 saturated carbocycles. The van der Waals surface area contributed by atoms with Crippen LogP contribution in [0.4, 0.5) is 0 Å². The normalized spacial score (nSPS) is 27.2. The average molecular weight is 381 g/mol. The maximum absolute atomic E-state index is 10.8. The fourth-order valence-corrected chi connectivity index (χ4v) is 4.88. The first kappa shape index (κ1) is 19.5. The Morgan fingerprint density at radius 3 is 2.65 bits per heavy atom. The van der Waals surface area contributed by atoms with Gasteiger partial charge in [-0.05, 0) is 82.4 Å². The van der Waals surface area contributed by atoms with E-state index in [-0.39, 0.29) is 18.1 Å². The topological polar surface area (TPSA) is 55.8 Å². The number of rotatable bonds is 9. The number of fused-ring (bicyclic) bond motifs is 2. The van der Waals surface area contributed by atoms with Crippen molar-refractivity contribution in [1.82, 2.24) is 0 Å². The Labute approximate surface area is 160 Å². The van der Waals surface area contributed by atoms with E-state index in [2.05, 4.69) is 0 Å². The Hall–Kier alpha value is -1.26. The van der Waals surface area contributed by atoms with Gasteiger partial charge in [-0.1, -0.05) is 11.6 Å². The van der Waals surface area contributed by atoms with Gasteiger partial charge in [-0.2, -0.15) is 0 Å². The van der Waals surface area contributed by atoms with Crippen LogP contribution in [0.25, 0.3) is 0 Å². The molecule has 1 N–H and O–H groups in total. The van der Waals surface area contributed by atoms with E-state index >= 15 is 0 Å². The van der Waals surface area contributed by atoms with Gasteiger partial charge < -0.3 is 14.6 Å². The molecule has 2 fully saturated rings. The number of benzene rings is 1. The second-order valence-electron chi connectivity index (χ2n) is 8.31. The molecule has 3 rings (SSSR count). The zero-order valence-electron chi connectivity index (χ0n) is 15.7. The lowest BCUT2D eigenvalue weighted by Gasteiger charge is -2.28. The molecule has 1 aromatic carbocycles. The number of hydrogen-bond acceptors (Lipinski definition) is 3. The summed E-state index contributed by atoms with van der Waals surface area (Å²) in [4.78, 5) is 10.8. The molecular weight excluding hydrogens is 352 g/mol. The van der Waals surface area contributed by atoms with E-state index in [1.165, 1.54) is 0 Å². The number of carbonyl (C=O) groups is 1. The van der Waals surface area contributed by atoms with Gasteiger partial charge in [0.1, 0.15) is 5.75 Å². The van der Waals surface area contributed by atoms with Crippen molar-refractivity contribution in [1.29, 1.82) is 0 Å². The third kappa shape index (κ3) is 4.52. The summed E-state index contributed by atoms with van der Waals surface area (Å²) in [6.07, 6.45) is 7.65. The Morgan fingerprint density at radius 1 is 1.27 bits per heavy atom. The van der Waals surface area contributed by atoms with Crippen LogP contribution < -0.4 is 4.74 Å². The summed E-state index contributed by atoms with van der Waals surface area (Å²) in [5, 5.41) is 9.57. The van der Waals surface area contributed by atoms with Crippen LogP contribution in [0.15, 0.2) is 18.2 Å². The molecule has 2 aliphatic carbocycles. The van der Waals surface area contributed by atoms with Crippen LogP contribution in [0.3, 0.4) is 0 Å². The van der Waals surface area contributed by atoms with Crippen LogP contribution in [0.2, 0.25) is 5.02 Å². The predicted octanol–water partition coefficient (Wildman–Crippen LogP) is 5.60. The summed E-state index contributed by atoms with van der Waals surface area (Å²) in [5.74, 6) is 0.142. The summed E-state index contributed by atoms with van der Waals surface area (Å²) in [6, 6.07) is 5.69. The average Bonchev–Trinajstić information content (AvgIpc) is 3.11. The van der Waals surface area contributed by atoms with Gasteiger partial charge in [-0.3, -0.25) is 4.79 Å². The molecule has 0 heterocycles. The summed E-state index contributed by atoms with van der Waals surface area (Å²) >= 11 is 6.17. The van der Waals surface area contributed by atoms with Crippen molar-refractivity contribution < 1.29 is 19.4 Å². The van der Waals surface area contributed by atoms with Crippen molar-refractivity contribution >= 4 is 17.6 Å². The number of carboxylic acid groups (broad SMARTS) is 1. The Balaban J connectivity index is 1.61. The van der Waals surface area contributed by atoms with Gasteiger partial charge in [-0.25, -0.2) is 0 Å². The van der Waals surface area contributed by atoms with E-state index in [1.807, 2.05) is 32.0 Å². The number of hydrogen-bond donors (Lipinski definition) is 1. The minimum Gasteiger partial charge on any atom is -0.491 e. The molecule has 144 valence electrons. The maximum atomic E-state index is 10.8. The highest BCUT2D eigenvalue weighted by Gasteiger charge is 2.54. The van der Waals surface area contributed by atoms with E-state index in [4.69, 9.17) is 26.2 Å². The lowest BCUT2D eigenvalue weighted by Crippen LogP contribution is -2.26. The van der Waals surface area contributed by atoms with Gasteiger partial charge in [0.25, 0.3) is 0 Å². The monoisotopic (exact) mass is 380 g/mol. The maximum Gasteiger partial charge on any atom is 0.303 e. The van der Waals surface area contributed by atoms with Crippen molar-refractivity contribution in [2.75, 3.05) is 0 Å². The quantitative estimate of drug-likeness (QED) is 0.605. The molecule has 0 saturated heterocycles. The second-order valence-corrected chi connectivity index (χ2v) is 8.75. The molecule has 0 atom stereocenters. The largest absolute Gasteiger partial charge is 0.491 e. The smallest absolute Gasteiger partial charge is 0.303 e. The summed E-state index contributed by atoms with van der Waals surface area (Å²) in [5.41, 5.74) is 1.23. The van der Waals surface area contributed by atoms with Gasteiger partial charge in [0.15, 0.2) is 0 Å². The lowest BCUT2D eigenvalue weighted by molar-refractivity contribution is -0.137. The van der Waals surface area contributed by atoms with Crippen molar-refractivity contribution in [3.05, 3.63) is 28.8 Å². The fraction of sp³-hybridized carbons (Fsp3) is 0.667. The van der Waals surface area contributed by atoms with Crippen molar-refractivity contribution in [2.24, 2.45) is 5.41 Å². The molecular formula is C21H29ClO4. The Bertz CT molecular complexity index is 647. The SMILES string of the molecule is CC(C)Oc1ccc(Cl)cc1COC12CCC(CCCC(=O)O)(CC1)C2. The third-order valence-electron chi connectivity index (χ3n) is 5.94. The fourth-order valence-electron chi connectivity index (χ4n) is 4.68. The van der Waals surface area contributed by atoms with E-state index in [0.717, 1.165) is 56.3 Å². The molecule has 1 aromatic rings. The summed E-state index contributed by atoms with van der Waals surface area (Å²) in [6.45, 7) is 4.53. The molecule has 0 aromatic heterocycles. The first-order valence-electron chi connectivity index (χ1n) is 9.62. The number of ether oxygens (including phenoxy) is 2. The van der Waals surface area contributed by atoms with Crippen LogP contribution in [0.1, 0.15) is 70.8 Å². The van der Waals surface area contributed by atoms with Crippen molar-refractivity contribution in [2.45, 2.75) is 83.5 Å². The number of halogens is 1.